The highest BCUT2D eigenvalue weighted by Crippen LogP contribution is 2.32. The molecule has 1 saturated carbocycles. The van der Waals surface area contributed by atoms with Crippen molar-refractivity contribution in [1.29, 1.82) is 0 Å². The predicted molar refractivity (Wildman–Crippen MR) is 59.4 cm³/mol. The van der Waals surface area contributed by atoms with Gasteiger partial charge >= 0.3 is 0 Å². The first kappa shape index (κ1) is 10.7. The molecule has 1 atom stereocenters. The molecule has 1 fully saturated rings. The van der Waals surface area contributed by atoms with Gasteiger partial charge in [-0.3, -0.25) is 4.68 Å². The maximum Gasteiger partial charge on any atom is 0.0848 e. The zero-order valence-corrected chi connectivity index (χ0v) is 9.39. The van der Waals surface area contributed by atoms with E-state index in [4.69, 9.17) is 0 Å². The lowest BCUT2D eigenvalue weighted by molar-refractivity contribution is 0.0987. The molecule has 3 nitrogen and oxygen atoms in total. The van der Waals surface area contributed by atoms with Crippen LogP contribution in [0.25, 0.3) is 0 Å². The maximum absolute atomic E-state index is 10.2. The van der Waals surface area contributed by atoms with Gasteiger partial charge in [-0.25, -0.2) is 0 Å². The van der Waals surface area contributed by atoms with E-state index in [0.717, 1.165) is 18.4 Å². The van der Waals surface area contributed by atoms with Crippen LogP contribution in [0.3, 0.4) is 0 Å². The molecule has 0 saturated heterocycles. The molecule has 1 aromatic rings. The van der Waals surface area contributed by atoms with Gasteiger partial charge in [-0.05, 0) is 18.8 Å². The van der Waals surface area contributed by atoms with Gasteiger partial charge in [-0.1, -0.05) is 25.7 Å². The molecular formula is C12H20N2O. The predicted octanol–water partition coefficient (Wildman–Crippen LogP) is 2.42. The molecule has 84 valence electrons. The van der Waals surface area contributed by atoms with Crippen LogP contribution in [-0.2, 0) is 7.05 Å². The Kier molecular flexibility index (Phi) is 3.41. The van der Waals surface area contributed by atoms with Gasteiger partial charge < -0.3 is 5.11 Å². The van der Waals surface area contributed by atoms with Crippen LogP contribution in [0.15, 0.2) is 12.4 Å². The third kappa shape index (κ3) is 2.59. The Morgan fingerprint density at radius 2 is 2.00 bits per heavy atom. The van der Waals surface area contributed by atoms with Crippen LogP contribution in [0.2, 0.25) is 0 Å². The largest absolute Gasteiger partial charge is 0.388 e. The molecule has 1 aliphatic rings. The third-order valence-electron chi connectivity index (χ3n) is 3.41. The van der Waals surface area contributed by atoms with E-state index in [1.54, 1.807) is 10.9 Å². The fourth-order valence-electron chi connectivity index (χ4n) is 2.49. The smallest absolute Gasteiger partial charge is 0.0848 e. The topological polar surface area (TPSA) is 38.0 Å². The molecule has 0 spiro atoms. The summed E-state index contributed by atoms with van der Waals surface area (Å²) in [5.74, 6) is 0.441. The Bertz CT molecular complexity index is 300. The Balaban J connectivity index is 2.02. The molecule has 0 amide bonds. The van der Waals surface area contributed by atoms with Crippen molar-refractivity contribution in [2.24, 2.45) is 13.0 Å². The number of aryl methyl sites for hydroxylation is 1. The number of aliphatic hydroxyl groups excluding tert-OH is 1. The molecule has 1 aliphatic carbocycles. The van der Waals surface area contributed by atoms with Crippen LogP contribution in [0.4, 0.5) is 0 Å². The summed E-state index contributed by atoms with van der Waals surface area (Å²) in [5, 5.41) is 14.3. The summed E-state index contributed by atoms with van der Waals surface area (Å²) in [6, 6.07) is 0. The van der Waals surface area contributed by atoms with E-state index in [1.165, 1.54) is 25.7 Å². The summed E-state index contributed by atoms with van der Waals surface area (Å²) >= 11 is 0. The Hall–Kier alpha value is -0.830. The lowest BCUT2D eigenvalue weighted by atomic mass is 9.91. The zero-order valence-electron chi connectivity index (χ0n) is 9.39. The fraction of sp³-hybridized carbons (Fsp3) is 0.750. The van der Waals surface area contributed by atoms with Crippen molar-refractivity contribution >= 4 is 0 Å². The second-order valence-corrected chi connectivity index (χ2v) is 4.64. The SMILES string of the molecule is Cn1cc(C(O)C2CCCCCC2)cn1. The second kappa shape index (κ2) is 4.79. The number of aromatic nitrogens is 2. The van der Waals surface area contributed by atoms with E-state index in [2.05, 4.69) is 5.10 Å². The highest BCUT2D eigenvalue weighted by atomic mass is 16.3. The average Bonchev–Trinajstić information content (AvgIpc) is 2.53. The van der Waals surface area contributed by atoms with Crippen LogP contribution in [0.1, 0.15) is 50.2 Å². The number of nitrogens with zero attached hydrogens (tertiary/aromatic N) is 2. The minimum atomic E-state index is -0.309. The molecule has 15 heavy (non-hydrogen) atoms. The van der Waals surface area contributed by atoms with Crippen LogP contribution >= 0.6 is 0 Å². The molecule has 1 unspecified atom stereocenters. The molecular weight excluding hydrogens is 188 g/mol. The summed E-state index contributed by atoms with van der Waals surface area (Å²) < 4.78 is 1.76. The molecule has 2 rings (SSSR count). The van der Waals surface area contributed by atoms with Crippen LogP contribution in [-0.4, -0.2) is 14.9 Å². The molecule has 1 heterocycles. The van der Waals surface area contributed by atoms with Gasteiger partial charge in [-0.2, -0.15) is 5.10 Å². The quantitative estimate of drug-likeness (QED) is 0.758. The van der Waals surface area contributed by atoms with Crippen molar-refractivity contribution in [3.05, 3.63) is 18.0 Å². The third-order valence-corrected chi connectivity index (χ3v) is 3.41. The molecule has 0 bridgehead atoms. The van der Waals surface area contributed by atoms with Crippen LogP contribution in [0.5, 0.6) is 0 Å². The number of aliphatic hydroxyl groups is 1. The summed E-state index contributed by atoms with van der Waals surface area (Å²) in [6.45, 7) is 0. The minimum Gasteiger partial charge on any atom is -0.388 e. The standard InChI is InChI=1S/C12H20N2O/c1-14-9-11(8-13-14)12(15)10-6-4-2-3-5-7-10/h8-10,12,15H,2-7H2,1H3. The summed E-state index contributed by atoms with van der Waals surface area (Å²) in [7, 11) is 1.89. The zero-order chi connectivity index (χ0) is 10.7. The normalized spacial score (nSPS) is 21.2. The van der Waals surface area contributed by atoms with E-state index < -0.39 is 0 Å². The summed E-state index contributed by atoms with van der Waals surface area (Å²) in [6.07, 6.45) is 10.9. The summed E-state index contributed by atoms with van der Waals surface area (Å²) in [4.78, 5) is 0. The second-order valence-electron chi connectivity index (χ2n) is 4.64. The number of hydrogen-bond donors (Lipinski definition) is 1. The molecule has 0 aromatic carbocycles. The van der Waals surface area contributed by atoms with E-state index in [0.29, 0.717) is 5.92 Å². The monoisotopic (exact) mass is 208 g/mol. The van der Waals surface area contributed by atoms with E-state index in [9.17, 15) is 5.11 Å². The van der Waals surface area contributed by atoms with Crippen molar-refractivity contribution in [2.45, 2.75) is 44.6 Å². The highest BCUT2D eigenvalue weighted by molar-refractivity contribution is 5.09. The van der Waals surface area contributed by atoms with Gasteiger partial charge in [0.1, 0.15) is 0 Å². The van der Waals surface area contributed by atoms with Gasteiger partial charge in [0.15, 0.2) is 0 Å². The maximum atomic E-state index is 10.2. The van der Waals surface area contributed by atoms with Gasteiger partial charge in [0, 0.05) is 18.8 Å². The first-order valence-corrected chi connectivity index (χ1v) is 5.94. The molecule has 3 heteroatoms. The van der Waals surface area contributed by atoms with Crippen molar-refractivity contribution in [1.82, 2.24) is 9.78 Å². The molecule has 0 radical (unpaired) electrons. The van der Waals surface area contributed by atoms with E-state index in [1.807, 2.05) is 13.2 Å². The van der Waals surface area contributed by atoms with Gasteiger partial charge in [0.05, 0.1) is 12.3 Å². The summed E-state index contributed by atoms with van der Waals surface area (Å²) in [5.41, 5.74) is 0.976. The van der Waals surface area contributed by atoms with Gasteiger partial charge in [0.25, 0.3) is 0 Å². The van der Waals surface area contributed by atoms with E-state index >= 15 is 0 Å². The lowest BCUT2D eigenvalue weighted by Gasteiger charge is -2.19. The van der Waals surface area contributed by atoms with E-state index in [-0.39, 0.29) is 6.10 Å². The van der Waals surface area contributed by atoms with Crippen molar-refractivity contribution < 1.29 is 5.11 Å². The van der Waals surface area contributed by atoms with Gasteiger partial charge in [-0.15, -0.1) is 0 Å². The van der Waals surface area contributed by atoms with Crippen molar-refractivity contribution in [3.8, 4) is 0 Å². The average molecular weight is 208 g/mol. The highest BCUT2D eigenvalue weighted by Gasteiger charge is 2.22. The molecule has 1 aromatic heterocycles. The fourth-order valence-corrected chi connectivity index (χ4v) is 2.49. The van der Waals surface area contributed by atoms with Crippen molar-refractivity contribution in [2.75, 3.05) is 0 Å². The Morgan fingerprint density at radius 3 is 2.53 bits per heavy atom. The first-order valence-electron chi connectivity index (χ1n) is 5.94. The molecule has 1 N–H and O–H groups in total. The first-order chi connectivity index (χ1) is 7.27. The lowest BCUT2D eigenvalue weighted by Crippen LogP contribution is -2.11. The number of rotatable bonds is 2. The Labute approximate surface area is 91.1 Å². The minimum absolute atomic E-state index is 0.309. The Morgan fingerprint density at radius 1 is 1.33 bits per heavy atom. The van der Waals surface area contributed by atoms with Crippen molar-refractivity contribution in [3.63, 3.8) is 0 Å². The van der Waals surface area contributed by atoms with Crippen LogP contribution in [0, 0.1) is 5.92 Å². The van der Waals surface area contributed by atoms with Gasteiger partial charge in [0.2, 0.25) is 0 Å². The van der Waals surface area contributed by atoms with Crippen LogP contribution < -0.4 is 0 Å². The number of hydrogen-bond acceptors (Lipinski definition) is 2. The molecule has 0 aliphatic heterocycles.